The molecular weight excluding hydrogens is 484 g/mol. The Labute approximate surface area is 196 Å². The monoisotopic (exact) mass is 509 g/mol. The summed E-state index contributed by atoms with van der Waals surface area (Å²) in [7, 11) is 0. The Balaban J connectivity index is 1.45. The average molecular weight is 510 g/mol. The summed E-state index contributed by atoms with van der Waals surface area (Å²) < 4.78 is 76.8. The molecule has 3 rings (SSSR count). The topological polar surface area (TPSA) is 74.2 Å². The summed E-state index contributed by atoms with van der Waals surface area (Å²) in [5.74, 6) is -0.288. The standard InChI is InChI=1S/C22H25F6N3O2S/c1-13-2-6-15(7-3-13)17-11-34-19(30-17)31-18(32)10-14-4-8-16(9-5-14)29-12-20(33,21(23,24)25)22(26,27)28/h2-3,6-7,11,14,16,29,33H,4-5,8-10,12H2,1H3,(H,30,31,32). The first-order valence-corrected chi connectivity index (χ1v) is 11.6. The van der Waals surface area contributed by atoms with Crippen LogP contribution in [0.2, 0.25) is 0 Å². The van der Waals surface area contributed by atoms with Crippen LogP contribution in [0.15, 0.2) is 29.6 Å². The molecular formula is C22H25F6N3O2S. The highest BCUT2D eigenvalue weighted by Crippen LogP contribution is 2.43. The van der Waals surface area contributed by atoms with E-state index in [9.17, 15) is 36.2 Å². The quantitative estimate of drug-likeness (QED) is 0.434. The molecule has 5 nitrogen and oxygen atoms in total. The Morgan fingerprint density at radius 1 is 1.06 bits per heavy atom. The minimum atomic E-state index is -5.84. The van der Waals surface area contributed by atoms with Gasteiger partial charge in [0, 0.05) is 30.0 Å². The van der Waals surface area contributed by atoms with E-state index in [0.29, 0.717) is 30.8 Å². The fourth-order valence-electron chi connectivity index (χ4n) is 3.84. The molecule has 1 heterocycles. The molecule has 188 valence electrons. The zero-order valence-electron chi connectivity index (χ0n) is 18.3. The number of aliphatic hydroxyl groups is 1. The molecule has 0 atom stereocenters. The first kappa shape index (κ1) is 26.4. The van der Waals surface area contributed by atoms with Gasteiger partial charge < -0.3 is 15.7 Å². The number of halogens is 6. The average Bonchev–Trinajstić information content (AvgIpc) is 3.20. The molecule has 0 radical (unpaired) electrons. The molecule has 0 saturated heterocycles. The highest BCUT2D eigenvalue weighted by atomic mass is 32.1. The van der Waals surface area contributed by atoms with Crippen LogP contribution in [0.3, 0.4) is 0 Å². The van der Waals surface area contributed by atoms with Crippen LogP contribution < -0.4 is 10.6 Å². The Kier molecular flexibility index (Phi) is 7.93. The lowest BCUT2D eigenvalue weighted by Crippen LogP contribution is -2.63. The van der Waals surface area contributed by atoms with Gasteiger partial charge in [0.05, 0.1) is 5.69 Å². The van der Waals surface area contributed by atoms with Gasteiger partial charge in [-0.3, -0.25) is 4.79 Å². The smallest absolute Gasteiger partial charge is 0.373 e. The van der Waals surface area contributed by atoms with Crippen molar-refractivity contribution in [2.24, 2.45) is 5.92 Å². The molecule has 1 amide bonds. The number of carbonyl (C=O) groups is 1. The SMILES string of the molecule is Cc1ccc(-c2csc(NC(=O)CC3CCC(NCC(O)(C(F)(F)F)C(F)(F)F)CC3)n2)cc1. The largest absolute Gasteiger partial charge is 0.427 e. The zero-order valence-corrected chi connectivity index (χ0v) is 19.1. The number of aromatic nitrogens is 1. The third-order valence-electron chi connectivity index (χ3n) is 6.00. The van der Waals surface area contributed by atoms with E-state index in [1.165, 1.54) is 11.3 Å². The summed E-state index contributed by atoms with van der Waals surface area (Å²) in [6.07, 6.45) is -9.97. The molecule has 1 aliphatic carbocycles. The fraction of sp³-hybridized carbons (Fsp3) is 0.545. The van der Waals surface area contributed by atoms with Gasteiger partial charge in [0.25, 0.3) is 5.60 Å². The minimum Gasteiger partial charge on any atom is -0.373 e. The van der Waals surface area contributed by atoms with E-state index in [2.05, 4.69) is 15.6 Å². The molecule has 1 saturated carbocycles. The fourth-order valence-corrected chi connectivity index (χ4v) is 4.58. The number of hydrogen-bond donors (Lipinski definition) is 3. The van der Waals surface area contributed by atoms with Crippen LogP contribution in [0.25, 0.3) is 11.3 Å². The third-order valence-corrected chi connectivity index (χ3v) is 6.76. The lowest BCUT2D eigenvalue weighted by Gasteiger charge is -2.35. The van der Waals surface area contributed by atoms with E-state index >= 15 is 0 Å². The number of nitrogens with one attached hydrogen (secondary N) is 2. The summed E-state index contributed by atoms with van der Waals surface area (Å²) in [5.41, 5.74) is -2.02. The van der Waals surface area contributed by atoms with Gasteiger partial charge in [-0.25, -0.2) is 4.98 Å². The first-order valence-electron chi connectivity index (χ1n) is 10.7. The number of anilines is 1. The van der Waals surface area contributed by atoms with Gasteiger partial charge in [-0.15, -0.1) is 11.3 Å². The summed E-state index contributed by atoms with van der Waals surface area (Å²) >= 11 is 1.29. The van der Waals surface area contributed by atoms with E-state index in [1.54, 1.807) is 0 Å². The summed E-state index contributed by atoms with van der Waals surface area (Å²) in [6, 6.07) is 7.20. The highest BCUT2D eigenvalue weighted by Gasteiger charge is 2.70. The number of hydrogen-bond acceptors (Lipinski definition) is 5. The van der Waals surface area contributed by atoms with Crippen LogP contribution in [0.4, 0.5) is 31.5 Å². The van der Waals surface area contributed by atoms with Crippen molar-refractivity contribution in [1.29, 1.82) is 0 Å². The molecule has 34 heavy (non-hydrogen) atoms. The van der Waals surface area contributed by atoms with Crippen molar-refractivity contribution in [3.8, 4) is 11.3 Å². The van der Waals surface area contributed by atoms with Gasteiger partial charge >= 0.3 is 12.4 Å². The van der Waals surface area contributed by atoms with Crippen LogP contribution in [0, 0.1) is 12.8 Å². The lowest BCUT2D eigenvalue weighted by molar-refractivity contribution is -0.365. The maximum Gasteiger partial charge on any atom is 0.427 e. The Hall–Kier alpha value is -2.18. The molecule has 0 spiro atoms. The van der Waals surface area contributed by atoms with Crippen molar-refractivity contribution >= 4 is 22.4 Å². The van der Waals surface area contributed by atoms with Gasteiger partial charge in [-0.05, 0) is 38.5 Å². The van der Waals surface area contributed by atoms with Gasteiger partial charge in [0.15, 0.2) is 5.13 Å². The van der Waals surface area contributed by atoms with Crippen molar-refractivity contribution in [3.63, 3.8) is 0 Å². The normalized spacial score (nSPS) is 19.8. The van der Waals surface area contributed by atoms with Crippen LogP contribution in [0.5, 0.6) is 0 Å². The lowest BCUT2D eigenvalue weighted by atomic mass is 9.83. The molecule has 0 unspecified atom stereocenters. The zero-order chi connectivity index (χ0) is 25.1. The van der Waals surface area contributed by atoms with Crippen molar-refractivity contribution in [3.05, 3.63) is 35.2 Å². The second-order valence-electron chi connectivity index (χ2n) is 8.61. The molecule has 0 aliphatic heterocycles. The molecule has 3 N–H and O–H groups in total. The number of alkyl halides is 6. The van der Waals surface area contributed by atoms with Crippen LogP contribution in [0.1, 0.15) is 37.7 Å². The predicted molar refractivity (Wildman–Crippen MR) is 116 cm³/mol. The second-order valence-corrected chi connectivity index (χ2v) is 9.47. The Bertz CT molecular complexity index is 952. The maximum absolute atomic E-state index is 12.8. The molecule has 1 aromatic carbocycles. The van der Waals surface area contributed by atoms with Crippen LogP contribution >= 0.6 is 11.3 Å². The van der Waals surface area contributed by atoms with Gasteiger partial charge in [-0.1, -0.05) is 29.8 Å². The third kappa shape index (κ3) is 6.28. The number of amides is 1. The van der Waals surface area contributed by atoms with Crippen molar-refractivity contribution in [2.75, 3.05) is 11.9 Å². The highest BCUT2D eigenvalue weighted by molar-refractivity contribution is 7.14. The van der Waals surface area contributed by atoms with Crippen molar-refractivity contribution in [2.45, 2.75) is 63.0 Å². The number of benzene rings is 1. The first-order chi connectivity index (χ1) is 15.8. The van der Waals surface area contributed by atoms with Crippen molar-refractivity contribution < 1.29 is 36.2 Å². The number of aryl methyl sites for hydroxylation is 1. The number of carbonyl (C=O) groups excluding carboxylic acids is 1. The van der Waals surface area contributed by atoms with E-state index in [0.717, 1.165) is 16.8 Å². The Morgan fingerprint density at radius 3 is 2.21 bits per heavy atom. The van der Waals surface area contributed by atoms with Crippen LogP contribution in [-0.2, 0) is 4.79 Å². The minimum absolute atomic E-state index is 0.0429. The molecule has 1 fully saturated rings. The predicted octanol–water partition coefficient (Wildman–Crippen LogP) is 5.45. The summed E-state index contributed by atoms with van der Waals surface area (Å²) in [6.45, 7) is 0.314. The summed E-state index contributed by atoms with van der Waals surface area (Å²) in [4.78, 5) is 16.8. The Morgan fingerprint density at radius 2 is 1.65 bits per heavy atom. The van der Waals surface area contributed by atoms with Gasteiger partial charge in [-0.2, -0.15) is 26.3 Å². The number of rotatable bonds is 7. The molecule has 0 bridgehead atoms. The van der Waals surface area contributed by atoms with E-state index < -0.39 is 30.5 Å². The van der Waals surface area contributed by atoms with Crippen molar-refractivity contribution in [1.82, 2.24) is 10.3 Å². The molecule has 1 aromatic heterocycles. The molecule has 1 aliphatic rings. The van der Waals surface area contributed by atoms with Gasteiger partial charge in [0.2, 0.25) is 5.91 Å². The molecule has 12 heteroatoms. The maximum atomic E-state index is 12.8. The van der Waals surface area contributed by atoms with Crippen LogP contribution in [-0.4, -0.2) is 46.5 Å². The number of thiazole rings is 1. The molecule has 2 aromatic rings. The van der Waals surface area contributed by atoms with Gasteiger partial charge in [0.1, 0.15) is 0 Å². The van der Waals surface area contributed by atoms with E-state index in [1.807, 2.05) is 36.6 Å². The van der Waals surface area contributed by atoms with E-state index in [4.69, 9.17) is 0 Å². The van der Waals surface area contributed by atoms with E-state index in [-0.39, 0.29) is 18.2 Å². The summed E-state index contributed by atoms with van der Waals surface area (Å²) in [5, 5.41) is 16.5. The number of nitrogens with zero attached hydrogens (tertiary/aromatic N) is 1. The second kappa shape index (κ2) is 10.2.